The molecule has 0 bridgehead atoms. The molecule has 1 aliphatic heterocycles. The lowest BCUT2D eigenvalue weighted by Gasteiger charge is -2.34. The molecule has 7 rings (SSSR count). The quantitative estimate of drug-likeness (QED) is 0.159. The van der Waals surface area contributed by atoms with Gasteiger partial charge in [0.2, 0.25) is 0 Å². The van der Waals surface area contributed by atoms with Crippen molar-refractivity contribution >= 4 is 62.6 Å². The second-order valence-electron chi connectivity index (χ2n) is 13.7. The second kappa shape index (κ2) is 13.1. The first kappa shape index (κ1) is 34.7. The van der Waals surface area contributed by atoms with Gasteiger partial charge < -0.3 is 19.2 Å². The number of aromatic nitrogens is 4. The fraction of sp³-hybridized carbons (Fsp3) is 0.325. The lowest BCUT2D eigenvalue weighted by Crippen LogP contribution is -2.43. The Hall–Kier alpha value is -4.73. The van der Waals surface area contributed by atoms with Crippen LogP contribution in [-0.4, -0.2) is 50.9 Å². The van der Waals surface area contributed by atoms with Crippen LogP contribution in [0.2, 0.25) is 10.0 Å². The third-order valence-corrected chi connectivity index (χ3v) is 11.3. The summed E-state index contributed by atoms with van der Waals surface area (Å²) in [6, 6.07) is 15.4. The van der Waals surface area contributed by atoms with Gasteiger partial charge >= 0.3 is 0 Å². The zero-order chi connectivity index (χ0) is 36.5. The van der Waals surface area contributed by atoms with Crippen LogP contribution in [0.1, 0.15) is 68.3 Å². The maximum absolute atomic E-state index is 15.0. The third-order valence-electron chi connectivity index (χ3n) is 10.3. The zero-order valence-corrected chi connectivity index (χ0v) is 31.8. The van der Waals surface area contributed by atoms with Gasteiger partial charge in [-0.25, -0.2) is 0 Å². The molecule has 0 radical (unpaired) electrons. The van der Waals surface area contributed by atoms with Crippen LogP contribution in [0.25, 0.3) is 32.9 Å². The summed E-state index contributed by atoms with van der Waals surface area (Å²) < 4.78 is 12.3. The fourth-order valence-electron chi connectivity index (χ4n) is 7.81. The maximum atomic E-state index is 15.0. The molecule has 1 atom stereocenters. The van der Waals surface area contributed by atoms with Crippen molar-refractivity contribution in [2.24, 2.45) is 14.1 Å². The molecule has 3 aromatic heterocycles. The van der Waals surface area contributed by atoms with Crippen molar-refractivity contribution in [3.63, 3.8) is 0 Å². The molecule has 4 heterocycles. The topological polar surface area (TPSA) is 86.3 Å². The van der Waals surface area contributed by atoms with Gasteiger partial charge in [0.25, 0.3) is 11.8 Å². The van der Waals surface area contributed by atoms with Gasteiger partial charge in [0.05, 0.1) is 22.8 Å². The van der Waals surface area contributed by atoms with Crippen molar-refractivity contribution in [2.45, 2.75) is 53.5 Å². The number of amides is 2. The molecular formula is C40H42Cl2N6O3. The number of carbonyl (C=O) groups excluding carboxylic acids is 2. The maximum Gasteiger partial charge on any atom is 0.276 e. The monoisotopic (exact) mass is 724 g/mol. The number of fused-ring (bicyclic) bond motifs is 4. The number of nitrogens with one attached hydrogen (secondary N) is 1. The second-order valence-corrected chi connectivity index (χ2v) is 14.5. The molecule has 0 spiro atoms. The van der Waals surface area contributed by atoms with Crippen LogP contribution in [0.5, 0.6) is 5.75 Å². The summed E-state index contributed by atoms with van der Waals surface area (Å²) in [7, 11) is 5.52. The Morgan fingerprint density at radius 3 is 2.39 bits per heavy atom. The normalized spacial score (nSPS) is 14.5. The lowest BCUT2D eigenvalue weighted by atomic mass is 9.98. The molecule has 11 heteroatoms. The van der Waals surface area contributed by atoms with Crippen LogP contribution in [-0.2, 0) is 20.5 Å². The predicted molar refractivity (Wildman–Crippen MR) is 206 cm³/mol. The fourth-order valence-corrected chi connectivity index (χ4v) is 8.16. The van der Waals surface area contributed by atoms with E-state index in [0.29, 0.717) is 42.3 Å². The molecule has 6 aromatic rings. The highest BCUT2D eigenvalue weighted by Crippen LogP contribution is 2.45. The van der Waals surface area contributed by atoms with Gasteiger partial charge in [0, 0.05) is 77.4 Å². The Bertz CT molecular complexity index is 2380. The van der Waals surface area contributed by atoms with Crippen molar-refractivity contribution in [1.29, 1.82) is 0 Å². The summed E-state index contributed by atoms with van der Waals surface area (Å²) in [5.41, 5.74) is 9.79. The standard InChI is InChI=1S/C40H42Cl2N6O3/c1-21-16-28(17-22(2)36(21)42)51-15-9-10-29-30-12-13-31(41)35(34-24(4)44-46(8)25(34)5)37(30)48-23(3)20-47(40(50)38(29)48)33-19-27-18-26(39(49)43-6)11-14-32(27)45(33)7/h11-14,16-19,23H,9-10,15,20H2,1-8H3,(H,43,49)/t23-/m1/s1. The van der Waals surface area contributed by atoms with Gasteiger partial charge in [0.15, 0.2) is 0 Å². The van der Waals surface area contributed by atoms with Crippen LogP contribution in [0, 0.1) is 27.7 Å². The van der Waals surface area contributed by atoms with Gasteiger partial charge in [-0.1, -0.05) is 29.3 Å². The number of halogens is 2. The molecule has 0 fully saturated rings. The van der Waals surface area contributed by atoms with Gasteiger partial charge in [-0.2, -0.15) is 5.10 Å². The molecule has 264 valence electrons. The first-order chi connectivity index (χ1) is 24.3. The average Bonchev–Trinajstić information content (AvgIpc) is 3.70. The third kappa shape index (κ3) is 5.67. The molecule has 1 N–H and O–H groups in total. The molecule has 9 nitrogen and oxygen atoms in total. The van der Waals surface area contributed by atoms with Crippen molar-refractivity contribution in [2.75, 3.05) is 25.1 Å². The van der Waals surface area contributed by atoms with E-state index in [9.17, 15) is 9.59 Å². The minimum atomic E-state index is -0.155. The number of rotatable bonds is 8. The highest BCUT2D eigenvalue weighted by Gasteiger charge is 2.37. The van der Waals surface area contributed by atoms with E-state index in [1.54, 1.807) is 7.05 Å². The van der Waals surface area contributed by atoms with Gasteiger partial charge in [0.1, 0.15) is 17.3 Å². The van der Waals surface area contributed by atoms with Crippen LogP contribution >= 0.6 is 23.2 Å². The van der Waals surface area contributed by atoms with E-state index in [4.69, 9.17) is 33.0 Å². The Morgan fingerprint density at radius 1 is 1.00 bits per heavy atom. The van der Waals surface area contributed by atoms with Crippen molar-refractivity contribution < 1.29 is 14.3 Å². The summed E-state index contributed by atoms with van der Waals surface area (Å²) in [5, 5.41) is 10.7. The Labute approximate surface area is 307 Å². The van der Waals surface area contributed by atoms with Crippen LogP contribution in [0.4, 0.5) is 5.82 Å². The van der Waals surface area contributed by atoms with E-state index in [-0.39, 0.29) is 17.9 Å². The highest BCUT2D eigenvalue weighted by molar-refractivity contribution is 6.35. The minimum absolute atomic E-state index is 0.0803. The SMILES string of the molecule is CNC(=O)c1ccc2c(c1)cc(N1C[C@@H](C)n3c(c(CCCOc4cc(C)c(Cl)c(C)c4)c4ccc(Cl)c(-c5c(C)nn(C)c5C)c43)C1=O)n2C. The molecule has 51 heavy (non-hydrogen) atoms. The number of ether oxygens (including phenoxy) is 1. The molecule has 0 aliphatic carbocycles. The number of aryl methyl sites for hydroxylation is 6. The first-order valence-corrected chi connectivity index (χ1v) is 18.0. The summed E-state index contributed by atoms with van der Waals surface area (Å²) in [4.78, 5) is 29.3. The van der Waals surface area contributed by atoms with Crippen LogP contribution < -0.4 is 15.0 Å². The molecule has 2 amide bonds. The molecule has 3 aromatic carbocycles. The Morgan fingerprint density at radius 2 is 1.73 bits per heavy atom. The van der Waals surface area contributed by atoms with Gasteiger partial charge in [-0.05, 0) is 107 Å². The number of benzene rings is 3. The van der Waals surface area contributed by atoms with Gasteiger partial charge in [-0.3, -0.25) is 19.2 Å². The lowest BCUT2D eigenvalue weighted by molar-refractivity contribution is 0.0951. The van der Waals surface area contributed by atoms with E-state index in [0.717, 1.165) is 77.6 Å². The molecule has 0 saturated carbocycles. The van der Waals surface area contributed by atoms with Gasteiger partial charge in [-0.15, -0.1) is 0 Å². The van der Waals surface area contributed by atoms with E-state index >= 15 is 0 Å². The van der Waals surface area contributed by atoms with E-state index in [1.807, 2.05) is 91.5 Å². The summed E-state index contributed by atoms with van der Waals surface area (Å²) in [6.07, 6.45) is 1.31. The van der Waals surface area contributed by atoms with Crippen molar-refractivity contribution in [1.82, 2.24) is 24.2 Å². The smallest absolute Gasteiger partial charge is 0.276 e. The van der Waals surface area contributed by atoms with Crippen molar-refractivity contribution in [3.05, 3.63) is 97.9 Å². The Balaban J connectivity index is 1.35. The first-order valence-electron chi connectivity index (χ1n) is 17.2. The number of nitrogens with zero attached hydrogens (tertiary/aromatic N) is 5. The summed E-state index contributed by atoms with van der Waals surface area (Å²) in [5.74, 6) is 1.31. The largest absolute Gasteiger partial charge is 0.494 e. The molecular weight excluding hydrogens is 683 g/mol. The summed E-state index contributed by atoms with van der Waals surface area (Å²) in [6.45, 7) is 11.1. The van der Waals surface area contributed by atoms with E-state index in [2.05, 4.69) is 29.8 Å². The summed E-state index contributed by atoms with van der Waals surface area (Å²) >= 11 is 13.5. The molecule has 1 aliphatic rings. The van der Waals surface area contributed by atoms with Crippen molar-refractivity contribution in [3.8, 4) is 16.9 Å². The van der Waals surface area contributed by atoms with Crippen LogP contribution in [0.3, 0.4) is 0 Å². The number of carbonyl (C=O) groups is 2. The number of hydrogen-bond acceptors (Lipinski definition) is 4. The van der Waals surface area contributed by atoms with E-state index in [1.165, 1.54) is 0 Å². The zero-order valence-electron chi connectivity index (χ0n) is 30.2. The van der Waals surface area contributed by atoms with E-state index < -0.39 is 0 Å². The highest BCUT2D eigenvalue weighted by atomic mass is 35.5. The minimum Gasteiger partial charge on any atom is -0.494 e. The number of hydrogen-bond donors (Lipinski definition) is 1. The number of anilines is 1. The molecule has 0 saturated heterocycles. The predicted octanol–water partition coefficient (Wildman–Crippen LogP) is 8.67. The van der Waals surface area contributed by atoms with Crippen LogP contribution in [0.15, 0.2) is 48.5 Å². The Kier molecular flexibility index (Phi) is 8.92. The average molecular weight is 726 g/mol. The molecule has 0 unspecified atom stereocenters.